The van der Waals surface area contributed by atoms with E-state index in [0.717, 1.165) is 0 Å². The number of anilines is 1. The Bertz CT molecular complexity index is 401. The van der Waals surface area contributed by atoms with E-state index < -0.39 is 16.6 Å². The number of hydrogen-bond donors (Lipinski definition) is 2. The van der Waals surface area contributed by atoms with Crippen molar-refractivity contribution < 1.29 is 14.2 Å². The minimum absolute atomic E-state index is 0.353. The molecule has 2 N–H and O–H groups in total. The Kier molecular flexibility index (Phi) is 3.70. The van der Waals surface area contributed by atoms with Gasteiger partial charge in [0.15, 0.2) is 0 Å². The zero-order valence-corrected chi connectivity index (χ0v) is 10.2. The van der Waals surface area contributed by atoms with Crippen LogP contribution >= 0.6 is 12.2 Å². The number of aliphatic hydroxyl groups excluding tert-OH is 1. The van der Waals surface area contributed by atoms with Crippen molar-refractivity contribution in [1.82, 2.24) is 0 Å². The standard InChI is InChI=1S/C11H14FNO2S/c1-11(2,3)15-9-5-7(12)4-8(6-9)13-10(14)16/h4-6H,1-3H3,(H2,13,14,16). The van der Waals surface area contributed by atoms with E-state index in [1.807, 2.05) is 20.8 Å². The van der Waals surface area contributed by atoms with Crippen molar-refractivity contribution in [2.75, 3.05) is 5.32 Å². The van der Waals surface area contributed by atoms with Gasteiger partial charge in [0.25, 0.3) is 5.17 Å². The quantitative estimate of drug-likeness (QED) is 0.782. The zero-order valence-electron chi connectivity index (χ0n) is 9.37. The van der Waals surface area contributed by atoms with Gasteiger partial charge in [-0.2, -0.15) is 0 Å². The molecule has 0 aliphatic heterocycles. The molecule has 0 heterocycles. The minimum atomic E-state index is -0.458. The minimum Gasteiger partial charge on any atom is -0.488 e. The first-order valence-electron chi connectivity index (χ1n) is 4.76. The third-order valence-electron chi connectivity index (χ3n) is 1.55. The van der Waals surface area contributed by atoms with Crippen LogP contribution in [0.4, 0.5) is 10.1 Å². The maximum absolute atomic E-state index is 13.2. The van der Waals surface area contributed by atoms with E-state index in [2.05, 4.69) is 17.5 Å². The number of benzene rings is 1. The van der Waals surface area contributed by atoms with Crippen molar-refractivity contribution >= 4 is 23.1 Å². The molecule has 0 bridgehead atoms. The predicted molar refractivity (Wildman–Crippen MR) is 65.6 cm³/mol. The van der Waals surface area contributed by atoms with E-state index in [4.69, 9.17) is 9.84 Å². The summed E-state index contributed by atoms with van der Waals surface area (Å²) in [5.41, 5.74) is -0.0584. The van der Waals surface area contributed by atoms with E-state index in [-0.39, 0.29) is 0 Å². The summed E-state index contributed by atoms with van der Waals surface area (Å²) in [6.45, 7) is 5.59. The van der Waals surface area contributed by atoms with Gasteiger partial charge in [-0.3, -0.25) is 0 Å². The van der Waals surface area contributed by atoms with Crippen LogP contribution < -0.4 is 10.1 Å². The smallest absolute Gasteiger partial charge is 0.258 e. The molecule has 1 aromatic rings. The molecule has 0 amide bonds. The lowest BCUT2D eigenvalue weighted by atomic mass is 10.2. The largest absolute Gasteiger partial charge is 0.488 e. The molecule has 16 heavy (non-hydrogen) atoms. The number of aliphatic hydroxyl groups is 1. The van der Waals surface area contributed by atoms with Gasteiger partial charge in [0.05, 0.1) is 0 Å². The van der Waals surface area contributed by atoms with Crippen LogP contribution in [0.25, 0.3) is 0 Å². The first-order valence-corrected chi connectivity index (χ1v) is 5.17. The van der Waals surface area contributed by atoms with E-state index >= 15 is 0 Å². The van der Waals surface area contributed by atoms with Crippen molar-refractivity contribution in [2.24, 2.45) is 0 Å². The molecule has 0 fully saturated rings. The van der Waals surface area contributed by atoms with Crippen LogP contribution in [-0.4, -0.2) is 15.9 Å². The van der Waals surface area contributed by atoms with Crippen molar-refractivity contribution in [2.45, 2.75) is 26.4 Å². The van der Waals surface area contributed by atoms with Crippen LogP contribution in [0.15, 0.2) is 18.2 Å². The molecule has 88 valence electrons. The average Bonchev–Trinajstić information content (AvgIpc) is 1.96. The van der Waals surface area contributed by atoms with Gasteiger partial charge in [-0.05, 0) is 39.1 Å². The van der Waals surface area contributed by atoms with Gasteiger partial charge in [-0.25, -0.2) is 4.39 Å². The number of thiocarbonyl (C=S) groups is 1. The fourth-order valence-electron chi connectivity index (χ4n) is 1.17. The molecule has 0 saturated carbocycles. The monoisotopic (exact) mass is 243 g/mol. The van der Waals surface area contributed by atoms with Crippen LogP contribution in [0, 0.1) is 5.82 Å². The van der Waals surface area contributed by atoms with Crippen LogP contribution in [0.3, 0.4) is 0 Å². The lowest BCUT2D eigenvalue weighted by Gasteiger charge is -2.21. The Hall–Kier alpha value is -1.36. The summed E-state index contributed by atoms with van der Waals surface area (Å²) in [7, 11) is 0. The van der Waals surface area contributed by atoms with Crippen molar-refractivity contribution in [1.29, 1.82) is 0 Å². The van der Waals surface area contributed by atoms with Crippen LogP contribution in [0.2, 0.25) is 0 Å². The second-order valence-corrected chi connectivity index (χ2v) is 4.71. The molecule has 0 saturated heterocycles. The van der Waals surface area contributed by atoms with Gasteiger partial charge in [0.1, 0.15) is 17.2 Å². The Labute approximate surface area is 99.2 Å². The molecule has 1 rings (SSSR count). The molecule has 0 aliphatic rings. The molecular formula is C11H14FNO2S. The Morgan fingerprint density at radius 1 is 1.38 bits per heavy atom. The summed E-state index contributed by atoms with van der Waals surface area (Å²) in [5, 5.41) is 10.9. The Morgan fingerprint density at radius 3 is 2.50 bits per heavy atom. The highest BCUT2D eigenvalue weighted by Crippen LogP contribution is 2.23. The van der Waals surface area contributed by atoms with Gasteiger partial charge in [-0.1, -0.05) is 0 Å². The number of ether oxygens (including phenoxy) is 1. The lowest BCUT2D eigenvalue weighted by Crippen LogP contribution is -2.23. The number of rotatable bonds is 2. The molecule has 0 aromatic heterocycles. The molecule has 1 aromatic carbocycles. The number of hydrogen-bond acceptors (Lipinski definition) is 2. The molecule has 0 aliphatic carbocycles. The predicted octanol–water partition coefficient (Wildman–Crippen LogP) is 3.26. The second-order valence-electron chi connectivity index (χ2n) is 4.32. The van der Waals surface area contributed by atoms with Gasteiger partial charge in [0.2, 0.25) is 0 Å². The molecule has 5 heteroatoms. The van der Waals surface area contributed by atoms with Gasteiger partial charge in [-0.15, -0.1) is 0 Å². The first kappa shape index (κ1) is 12.7. The normalized spacial score (nSPS) is 11.0. The van der Waals surface area contributed by atoms with E-state index in [1.54, 1.807) is 6.07 Å². The third-order valence-corrected chi connectivity index (χ3v) is 1.65. The Balaban J connectivity index is 2.94. The fourth-order valence-corrected chi connectivity index (χ4v) is 1.29. The van der Waals surface area contributed by atoms with Gasteiger partial charge < -0.3 is 15.2 Å². The van der Waals surface area contributed by atoms with Crippen LogP contribution in [-0.2, 0) is 0 Å². The van der Waals surface area contributed by atoms with Crippen molar-refractivity contribution in [3.8, 4) is 5.75 Å². The maximum atomic E-state index is 13.2. The highest BCUT2D eigenvalue weighted by molar-refractivity contribution is 7.80. The van der Waals surface area contributed by atoms with Gasteiger partial charge in [0, 0.05) is 17.8 Å². The van der Waals surface area contributed by atoms with Crippen LogP contribution in [0.5, 0.6) is 5.75 Å². The summed E-state index contributed by atoms with van der Waals surface area (Å²) in [6.07, 6.45) is 0. The van der Waals surface area contributed by atoms with E-state index in [0.29, 0.717) is 11.4 Å². The summed E-state index contributed by atoms with van der Waals surface area (Å²) < 4.78 is 18.7. The highest BCUT2D eigenvalue weighted by Gasteiger charge is 2.13. The average molecular weight is 243 g/mol. The maximum Gasteiger partial charge on any atom is 0.258 e. The zero-order chi connectivity index (χ0) is 12.3. The number of nitrogens with one attached hydrogen (secondary N) is 1. The molecule has 3 nitrogen and oxygen atoms in total. The lowest BCUT2D eigenvalue weighted by molar-refractivity contribution is 0.130. The topological polar surface area (TPSA) is 41.5 Å². The second kappa shape index (κ2) is 4.65. The summed E-state index contributed by atoms with van der Waals surface area (Å²) in [6, 6.07) is 4.06. The molecule has 0 atom stereocenters. The first-order chi connectivity index (χ1) is 7.26. The van der Waals surface area contributed by atoms with Crippen molar-refractivity contribution in [3.63, 3.8) is 0 Å². The highest BCUT2D eigenvalue weighted by atomic mass is 32.1. The van der Waals surface area contributed by atoms with E-state index in [1.165, 1.54) is 12.1 Å². The Morgan fingerprint density at radius 2 is 2.00 bits per heavy atom. The molecule has 0 radical (unpaired) electrons. The molecular weight excluding hydrogens is 229 g/mol. The SMILES string of the molecule is CC(C)(C)Oc1cc(F)cc(NC(O)=S)c1. The summed E-state index contributed by atoms with van der Waals surface area (Å²) in [5.74, 6) is -0.0771. The number of halogens is 1. The van der Waals surface area contributed by atoms with Gasteiger partial charge >= 0.3 is 0 Å². The molecule has 0 unspecified atom stereocenters. The molecule has 0 spiro atoms. The van der Waals surface area contributed by atoms with Crippen LogP contribution in [0.1, 0.15) is 20.8 Å². The summed E-state index contributed by atoms with van der Waals surface area (Å²) >= 11 is 4.45. The van der Waals surface area contributed by atoms with E-state index in [9.17, 15) is 4.39 Å². The summed E-state index contributed by atoms with van der Waals surface area (Å²) in [4.78, 5) is 0. The fraction of sp³-hybridized carbons (Fsp3) is 0.364. The van der Waals surface area contributed by atoms with Crippen molar-refractivity contribution in [3.05, 3.63) is 24.0 Å². The third kappa shape index (κ3) is 4.44.